The van der Waals surface area contributed by atoms with E-state index in [0.717, 1.165) is 33.8 Å². The van der Waals surface area contributed by atoms with Gasteiger partial charge in [0, 0.05) is 23.5 Å². The number of nitrogens with two attached hydrogens (primary N) is 1. The van der Waals surface area contributed by atoms with Crippen molar-refractivity contribution in [1.29, 1.82) is 0 Å². The van der Waals surface area contributed by atoms with E-state index in [4.69, 9.17) is 10.5 Å². The Bertz CT molecular complexity index is 1140. The number of aryl methyl sites for hydroxylation is 3. The van der Waals surface area contributed by atoms with Crippen molar-refractivity contribution in [1.82, 2.24) is 19.6 Å². The number of aromatic nitrogens is 4. The molecule has 0 spiro atoms. The molecular weight excluding hydrogens is 396 g/mol. The van der Waals surface area contributed by atoms with Gasteiger partial charge in [-0.3, -0.25) is 9.59 Å². The molecule has 2 heterocycles. The second kappa shape index (κ2) is 9.11. The maximum atomic E-state index is 12.3. The number of fused-ring (bicyclic) bond motifs is 1. The van der Waals surface area contributed by atoms with Gasteiger partial charge in [0.05, 0.1) is 0 Å². The summed E-state index contributed by atoms with van der Waals surface area (Å²) in [7, 11) is 0. The molecule has 0 saturated carbocycles. The molecule has 3 aromatic rings. The molecule has 1 aromatic carbocycles. The van der Waals surface area contributed by atoms with Crippen molar-refractivity contribution in [3.63, 3.8) is 0 Å². The second-order valence-corrected chi connectivity index (χ2v) is 7.85. The quantitative estimate of drug-likeness (QED) is 0.559. The number of benzene rings is 1. The molecule has 3 rings (SSSR count). The van der Waals surface area contributed by atoms with Gasteiger partial charge in [0.15, 0.2) is 6.61 Å². The summed E-state index contributed by atoms with van der Waals surface area (Å²) in [6, 6.07) is 5.88. The molecule has 9 nitrogen and oxygen atoms in total. The molecular formula is C22H28N6O3. The van der Waals surface area contributed by atoms with Crippen LogP contribution < -0.4 is 11.1 Å². The van der Waals surface area contributed by atoms with Crippen LogP contribution in [-0.4, -0.2) is 38.1 Å². The number of amides is 1. The minimum absolute atomic E-state index is 0.119. The number of rotatable bonds is 7. The lowest BCUT2D eigenvalue weighted by molar-refractivity contribution is -0.147. The predicted molar refractivity (Wildman–Crippen MR) is 118 cm³/mol. The van der Waals surface area contributed by atoms with Crippen LogP contribution in [0.5, 0.6) is 0 Å². The molecule has 0 aliphatic heterocycles. The lowest BCUT2D eigenvalue weighted by Crippen LogP contribution is -2.22. The number of ether oxygens (including phenoxy) is 1. The third kappa shape index (κ3) is 4.99. The molecule has 3 N–H and O–H groups in total. The van der Waals surface area contributed by atoms with E-state index in [1.807, 2.05) is 39.0 Å². The normalized spacial score (nSPS) is 11.2. The average molecular weight is 425 g/mol. The van der Waals surface area contributed by atoms with Crippen molar-refractivity contribution in [3.05, 3.63) is 46.3 Å². The van der Waals surface area contributed by atoms with Crippen molar-refractivity contribution in [2.45, 2.75) is 53.4 Å². The predicted octanol–water partition coefficient (Wildman–Crippen LogP) is 2.87. The van der Waals surface area contributed by atoms with E-state index >= 15 is 0 Å². The van der Waals surface area contributed by atoms with Gasteiger partial charge >= 0.3 is 5.97 Å². The lowest BCUT2D eigenvalue weighted by atomic mass is 9.98. The number of nitrogens with zero attached hydrogens (tertiary/aromatic N) is 4. The van der Waals surface area contributed by atoms with Crippen LogP contribution >= 0.6 is 0 Å². The van der Waals surface area contributed by atoms with Gasteiger partial charge in [0.1, 0.15) is 0 Å². The first kappa shape index (κ1) is 22.2. The minimum Gasteiger partial charge on any atom is -0.456 e. The first-order valence-corrected chi connectivity index (χ1v) is 10.2. The first-order chi connectivity index (χ1) is 14.7. The second-order valence-electron chi connectivity index (χ2n) is 7.85. The zero-order chi connectivity index (χ0) is 22.7. The highest BCUT2D eigenvalue weighted by molar-refractivity contribution is 5.94. The number of anilines is 2. The average Bonchev–Trinajstić information content (AvgIpc) is 3.07. The van der Waals surface area contributed by atoms with Crippen LogP contribution in [0.4, 0.5) is 11.6 Å². The Balaban J connectivity index is 1.58. The van der Waals surface area contributed by atoms with Crippen molar-refractivity contribution < 1.29 is 14.3 Å². The maximum absolute atomic E-state index is 12.3. The summed E-state index contributed by atoms with van der Waals surface area (Å²) in [6.07, 6.45) is 0.532. The number of nitrogen functional groups attached to an aromatic ring is 1. The Morgan fingerprint density at radius 1 is 1.19 bits per heavy atom. The molecule has 0 fully saturated rings. The van der Waals surface area contributed by atoms with Crippen molar-refractivity contribution >= 4 is 29.3 Å². The van der Waals surface area contributed by atoms with E-state index in [0.29, 0.717) is 12.2 Å². The number of nitrogens with one attached hydrogen (secondary N) is 1. The molecule has 0 aliphatic carbocycles. The summed E-state index contributed by atoms with van der Waals surface area (Å²) in [5.41, 5.74) is 10.9. The summed E-state index contributed by atoms with van der Waals surface area (Å²) in [4.78, 5) is 33.0. The van der Waals surface area contributed by atoms with E-state index < -0.39 is 5.97 Å². The van der Waals surface area contributed by atoms with Crippen molar-refractivity contribution in [2.75, 3.05) is 17.7 Å². The Labute approximate surface area is 181 Å². The largest absolute Gasteiger partial charge is 0.456 e. The summed E-state index contributed by atoms with van der Waals surface area (Å²) < 4.78 is 6.74. The number of carbonyl (C=O) groups excluding carboxylic acids is 2. The maximum Gasteiger partial charge on any atom is 0.306 e. The number of hydrogen-bond acceptors (Lipinski definition) is 7. The Hall–Kier alpha value is -3.49. The van der Waals surface area contributed by atoms with Gasteiger partial charge in [-0.1, -0.05) is 32.0 Å². The summed E-state index contributed by atoms with van der Waals surface area (Å²) in [5, 5.41) is 6.99. The van der Waals surface area contributed by atoms with Crippen LogP contribution in [0.25, 0.3) is 5.78 Å². The molecule has 1 amide bonds. The molecule has 0 bridgehead atoms. The molecule has 9 heteroatoms. The fourth-order valence-corrected chi connectivity index (χ4v) is 3.55. The molecule has 0 atom stereocenters. The fourth-order valence-electron chi connectivity index (χ4n) is 3.55. The molecule has 0 aliphatic rings. The van der Waals surface area contributed by atoms with Gasteiger partial charge in [-0.05, 0) is 49.8 Å². The van der Waals surface area contributed by atoms with Gasteiger partial charge in [0.25, 0.3) is 11.7 Å². The zero-order valence-electron chi connectivity index (χ0n) is 18.5. The van der Waals surface area contributed by atoms with E-state index in [2.05, 4.69) is 34.2 Å². The number of esters is 1. The minimum atomic E-state index is -0.457. The lowest BCUT2D eigenvalue weighted by Gasteiger charge is -2.16. The molecule has 0 radical (unpaired) electrons. The summed E-state index contributed by atoms with van der Waals surface area (Å²) in [6.45, 7) is 9.45. The molecule has 2 aromatic heterocycles. The van der Waals surface area contributed by atoms with Crippen molar-refractivity contribution in [3.8, 4) is 0 Å². The van der Waals surface area contributed by atoms with Gasteiger partial charge in [0.2, 0.25) is 5.95 Å². The van der Waals surface area contributed by atoms with Crippen molar-refractivity contribution in [2.24, 2.45) is 0 Å². The van der Waals surface area contributed by atoms with Crippen LogP contribution in [-0.2, 0) is 20.7 Å². The Morgan fingerprint density at radius 3 is 2.65 bits per heavy atom. The third-order valence-electron chi connectivity index (χ3n) is 5.20. The highest BCUT2D eigenvalue weighted by Crippen LogP contribution is 2.27. The van der Waals surface area contributed by atoms with Crippen LogP contribution in [0.3, 0.4) is 0 Å². The highest BCUT2D eigenvalue weighted by Gasteiger charge is 2.16. The van der Waals surface area contributed by atoms with Gasteiger partial charge in [-0.2, -0.15) is 9.50 Å². The smallest absolute Gasteiger partial charge is 0.306 e. The first-order valence-electron chi connectivity index (χ1n) is 10.2. The standard InChI is InChI=1S/C22H28N6O3/c1-12(2)16-8-6-7-13(3)20(16)25-18(29)11-31-19(30)10-9-17-14(4)24-22-26-21(23)27-28(22)15(17)5/h6-8,12H,9-11H2,1-5H3,(H2,23,27)(H,25,29). The van der Waals surface area contributed by atoms with Crippen LogP contribution in [0, 0.1) is 20.8 Å². The summed E-state index contributed by atoms with van der Waals surface area (Å²) >= 11 is 0. The summed E-state index contributed by atoms with van der Waals surface area (Å²) in [5.74, 6) is 0.00828. The SMILES string of the molecule is Cc1cccc(C(C)C)c1NC(=O)COC(=O)CCc1c(C)nc2nc(N)nn2c1C. The Kier molecular flexibility index (Phi) is 6.53. The van der Waals surface area contributed by atoms with Gasteiger partial charge in [-0.25, -0.2) is 4.98 Å². The van der Waals surface area contributed by atoms with Crippen LogP contribution in [0.2, 0.25) is 0 Å². The van der Waals surface area contributed by atoms with E-state index in [9.17, 15) is 9.59 Å². The van der Waals surface area contributed by atoms with E-state index in [1.165, 1.54) is 0 Å². The number of carbonyl (C=O) groups is 2. The highest BCUT2D eigenvalue weighted by atomic mass is 16.5. The van der Waals surface area contributed by atoms with E-state index in [-0.39, 0.29) is 30.8 Å². The molecule has 31 heavy (non-hydrogen) atoms. The Morgan fingerprint density at radius 2 is 1.94 bits per heavy atom. The molecule has 164 valence electrons. The molecule has 0 unspecified atom stereocenters. The molecule has 0 saturated heterocycles. The zero-order valence-corrected chi connectivity index (χ0v) is 18.5. The number of para-hydroxylation sites is 1. The number of hydrogen-bond donors (Lipinski definition) is 2. The monoisotopic (exact) mass is 424 g/mol. The van der Waals surface area contributed by atoms with Gasteiger partial charge in [-0.15, -0.1) is 5.10 Å². The fraction of sp³-hybridized carbons (Fsp3) is 0.409. The topological polar surface area (TPSA) is 124 Å². The third-order valence-corrected chi connectivity index (χ3v) is 5.20. The van der Waals surface area contributed by atoms with E-state index in [1.54, 1.807) is 4.52 Å². The van der Waals surface area contributed by atoms with Crippen LogP contribution in [0.15, 0.2) is 18.2 Å². The van der Waals surface area contributed by atoms with Crippen LogP contribution in [0.1, 0.15) is 54.3 Å². The van der Waals surface area contributed by atoms with Gasteiger partial charge < -0.3 is 15.8 Å².